The Hall–Kier alpha value is -3.68. The summed E-state index contributed by atoms with van der Waals surface area (Å²) in [4.78, 5) is 25.1. The van der Waals surface area contributed by atoms with Gasteiger partial charge in [0.05, 0.1) is 29.3 Å². The molecule has 1 N–H and O–H groups in total. The van der Waals surface area contributed by atoms with Crippen molar-refractivity contribution < 1.29 is 18.0 Å². The number of carbonyl (C=O) groups excluding carboxylic acids is 1. The first kappa shape index (κ1) is 22.1. The molecule has 0 saturated heterocycles. The zero-order chi connectivity index (χ0) is 24.0. The highest BCUT2D eigenvalue weighted by Gasteiger charge is 2.36. The van der Waals surface area contributed by atoms with Crippen LogP contribution >= 0.6 is 11.3 Å². The van der Waals surface area contributed by atoms with E-state index >= 15 is 0 Å². The normalized spacial score (nSPS) is 14.1. The summed E-state index contributed by atoms with van der Waals surface area (Å²) in [6.07, 6.45) is 0.829. The number of alkyl halides is 3. The van der Waals surface area contributed by atoms with Crippen LogP contribution in [0.3, 0.4) is 0 Å². The van der Waals surface area contributed by atoms with Gasteiger partial charge in [-0.1, -0.05) is 0 Å². The molecule has 1 saturated carbocycles. The van der Waals surface area contributed by atoms with Gasteiger partial charge in [-0.2, -0.15) is 13.2 Å². The van der Waals surface area contributed by atoms with Gasteiger partial charge in [-0.15, -0.1) is 16.4 Å². The molecule has 34 heavy (non-hydrogen) atoms. The van der Waals surface area contributed by atoms with Crippen LogP contribution in [0, 0.1) is 0 Å². The third kappa shape index (κ3) is 4.27. The smallest absolute Gasteiger partial charge is 0.305 e. The summed E-state index contributed by atoms with van der Waals surface area (Å²) in [7, 11) is 0. The number of pyridine rings is 1. The van der Waals surface area contributed by atoms with Crippen LogP contribution in [0.2, 0.25) is 0 Å². The maximum atomic E-state index is 13.6. The van der Waals surface area contributed by atoms with Gasteiger partial charge in [-0.3, -0.25) is 9.78 Å². The van der Waals surface area contributed by atoms with Crippen LogP contribution in [0.5, 0.6) is 0 Å². The van der Waals surface area contributed by atoms with Crippen molar-refractivity contribution in [3.63, 3.8) is 0 Å². The van der Waals surface area contributed by atoms with Crippen LogP contribution in [-0.4, -0.2) is 45.6 Å². The highest BCUT2D eigenvalue weighted by molar-refractivity contribution is 7.13. The second kappa shape index (κ2) is 8.27. The van der Waals surface area contributed by atoms with E-state index in [4.69, 9.17) is 0 Å². The van der Waals surface area contributed by atoms with Crippen LogP contribution in [0.4, 0.5) is 19.0 Å². The van der Waals surface area contributed by atoms with Crippen molar-refractivity contribution >= 4 is 23.1 Å². The van der Waals surface area contributed by atoms with Gasteiger partial charge in [0.25, 0.3) is 5.91 Å². The molecule has 5 rings (SSSR count). The number of thiazole rings is 1. The lowest BCUT2D eigenvalue weighted by Gasteiger charge is -2.14. The fraction of sp³-hybridized carbons (Fsp3) is 0.350. The molecule has 0 bridgehead atoms. The van der Waals surface area contributed by atoms with Gasteiger partial charge >= 0.3 is 6.18 Å². The van der Waals surface area contributed by atoms with Crippen LogP contribution < -0.4 is 5.32 Å². The number of nitrogens with one attached hydrogen (secondary N) is 1. The molecule has 4 aromatic rings. The number of halogens is 3. The summed E-state index contributed by atoms with van der Waals surface area (Å²) in [6.45, 7) is 3.83. The molecule has 0 aromatic carbocycles. The number of rotatable bonds is 6. The zero-order valence-corrected chi connectivity index (χ0v) is 18.8. The summed E-state index contributed by atoms with van der Waals surface area (Å²) < 4.78 is 43.7. The molecule has 0 spiro atoms. The fourth-order valence-corrected chi connectivity index (χ4v) is 4.08. The number of aromatic nitrogens is 8. The summed E-state index contributed by atoms with van der Waals surface area (Å²) in [5, 5.41) is 16.2. The second-order valence-electron chi connectivity index (χ2n) is 8.10. The monoisotopic (exact) mass is 489 g/mol. The predicted molar refractivity (Wildman–Crippen MR) is 116 cm³/mol. The van der Waals surface area contributed by atoms with E-state index in [1.165, 1.54) is 22.2 Å². The largest absolute Gasteiger partial charge is 0.419 e. The number of amides is 1. The molecule has 0 atom stereocenters. The number of nitrogens with zero attached hydrogens (tertiary/aromatic N) is 8. The zero-order valence-electron chi connectivity index (χ0n) is 18.0. The number of hydrogen-bond donors (Lipinski definition) is 1. The molecule has 4 aromatic heterocycles. The maximum Gasteiger partial charge on any atom is 0.419 e. The molecule has 4 heterocycles. The Kier molecular flexibility index (Phi) is 5.38. The molecule has 0 unspecified atom stereocenters. The number of tetrazole rings is 1. The summed E-state index contributed by atoms with van der Waals surface area (Å²) >= 11 is 1.22. The Morgan fingerprint density at radius 1 is 1.26 bits per heavy atom. The third-order valence-corrected chi connectivity index (χ3v) is 6.05. The second-order valence-corrected chi connectivity index (χ2v) is 8.96. The van der Waals surface area contributed by atoms with Crippen LogP contribution in [-0.2, 0) is 6.18 Å². The van der Waals surface area contributed by atoms with E-state index in [0.717, 1.165) is 24.6 Å². The fourth-order valence-electron chi connectivity index (χ4n) is 3.36. The quantitative estimate of drug-likeness (QED) is 0.433. The lowest BCUT2D eigenvalue weighted by molar-refractivity contribution is -0.137. The Morgan fingerprint density at radius 3 is 2.76 bits per heavy atom. The Labute approximate surface area is 194 Å². The Morgan fingerprint density at radius 2 is 2.06 bits per heavy atom. The predicted octanol–water partition coefficient (Wildman–Crippen LogP) is 4.11. The average molecular weight is 489 g/mol. The number of anilines is 1. The van der Waals surface area contributed by atoms with E-state index < -0.39 is 17.6 Å². The number of imidazole rings is 1. The number of hydrogen-bond acceptors (Lipinski definition) is 8. The summed E-state index contributed by atoms with van der Waals surface area (Å²) in [5.41, 5.74) is -0.636. The van der Waals surface area contributed by atoms with Gasteiger partial charge < -0.3 is 9.88 Å². The minimum atomic E-state index is -4.65. The number of carbonyl (C=O) groups is 1. The highest BCUT2D eigenvalue weighted by atomic mass is 32.1. The van der Waals surface area contributed by atoms with Crippen molar-refractivity contribution in [2.45, 2.75) is 44.8 Å². The lowest BCUT2D eigenvalue weighted by Crippen LogP contribution is -2.17. The van der Waals surface area contributed by atoms with Crippen molar-refractivity contribution in [1.29, 1.82) is 0 Å². The van der Waals surface area contributed by atoms with Crippen LogP contribution in [0.25, 0.3) is 16.5 Å². The standard InChI is InChI=1S/C20H18F3N9OS/c1-10(2)32-17(28-29-30-32)19-27-16(8-34-19)26-18(33)13-5-15(12(6-24-13)20(21,22)23)31-7-14(25-9-31)11-3-4-11/h5-11H,3-4H2,1-2H3,(H,26,33). The minimum Gasteiger partial charge on any atom is -0.305 e. The van der Waals surface area contributed by atoms with Crippen molar-refractivity contribution in [1.82, 2.24) is 39.7 Å². The molecule has 1 aliphatic rings. The van der Waals surface area contributed by atoms with Crippen LogP contribution in [0.1, 0.15) is 60.4 Å². The first-order valence-corrected chi connectivity index (χ1v) is 11.3. The Balaban J connectivity index is 1.42. The molecule has 0 radical (unpaired) electrons. The molecule has 10 nitrogen and oxygen atoms in total. The molecule has 1 fully saturated rings. The topological polar surface area (TPSA) is 116 Å². The van der Waals surface area contributed by atoms with E-state index in [1.807, 2.05) is 13.8 Å². The van der Waals surface area contributed by atoms with E-state index in [0.29, 0.717) is 17.0 Å². The van der Waals surface area contributed by atoms with Gasteiger partial charge in [0.15, 0.2) is 5.01 Å². The SMILES string of the molecule is CC(C)n1nnnc1-c1nc(NC(=O)c2cc(-n3cnc(C4CC4)c3)c(C(F)(F)F)cn2)cs1. The average Bonchev–Trinajstić information content (AvgIpc) is 3.20. The highest BCUT2D eigenvalue weighted by Crippen LogP contribution is 2.40. The lowest BCUT2D eigenvalue weighted by atomic mass is 10.2. The molecular formula is C20H18F3N9OS. The van der Waals surface area contributed by atoms with Crippen molar-refractivity contribution in [3.8, 4) is 16.5 Å². The van der Waals surface area contributed by atoms with E-state index in [2.05, 4.69) is 35.8 Å². The van der Waals surface area contributed by atoms with Crippen molar-refractivity contribution in [3.05, 3.63) is 47.1 Å². The van der Waals surface area contributed by atoms with Crippen molar-refractivity contribution in [2.75, 3.05) is 5.32 Å². The van der Waals surface area contributed by atoms with Gasteiger partial charge in [-0.05, 0) is 43.2 Å². The van der Waals surface area contributed by atoms with Crippen LogP contribution in [0.15, 0.2) is 30.2 Å². The maximum absolute atomic E-state index is 13.6. The Bertz CT molecular complexity index is 1350. The molecule has 14 heteroatoms. The van der Waals surface area contributed by atoms with Crippen molar-refractivity contribution in [2.24, 2.45) is 0 Å². The summed E-state index contributed by atoms with van der Waals surface area (Å²) in [5.74, 6) is 0.237. The minimum absolute atomic E-state index is 0.00492. The molecular weight excluding hydrogens is 471 g/mol. The molecule has 0 aliphatic heterocycles. The van der Waals surface area contributed by atoms with E-state index in [1.54, 1.807) is 16.3 Å². The van der Waals surface area contributed by atoms with E-state index in [-0.39, 0.29) is 29.2 Å². The first-order chi connectivity index (χ1) is 16.2. The van der Waals surface area contributed by atoms with Gasteiger partial charge in [0.1, 0.15) is 11.5 Å². The van der Waals surface area contributed by atoms with Gasteiger partial charge in [0.2, 0.25) is 5.82 Å². The molecule has 1 amide bonds. The molecule has 176 valence electrons. The molecule has 1 aliphatic carbocycles. The van der Waals surface area contributed by atoms with Gasteiger partial charge in [0, 0.05) is 23.7 Å². The summed E-state index contributed by atoms with van der Waals surface area (Å²) in [6, 6.07) is 1.11. The van der Waals surface area contributed by atoms with E-state index in [9.17, 15) is 18.0 Å². The third-order valence-electron chi connectivity index (χ3n) is 5.22. The van der Waals surface area contributed by atoms with Gasteiger partial charge in [-0.25, -0.2) is 14.6 Å². The first-order valence-electron chi connectivity index (χ1n) is 10.4.